The normalized spacial score (nSPS) is 12.0. The molecule has 1 heterocycles. The van der Waals surface area contributed by atoms with Gasteiger partial charge < -0.3 is 14.4 Å². The van der Waals surface area contributed by atoms with Crippen LogP contribution in [0.4, 0.5) is 0 Å². The molecule has 0 fully saturated rings. The van der Waals surface area contributed by atoms with Crippen LogP contribution in [0.3, 0.4) is 0 Å². The van der Waals surface area contributed by atoms with Gasteiger partial charge in [0.2, 0.25) is 0 Å². The maximum absolute atomic E-state index is 9.42. The first-order valence-electron chi connectivity index (χ1n) is 12.1. The number of fused-ring (bicyclic) bond motifs is 3. The van der Waals surface area contributed by atoms with E-state index in [2.05, 4.69) is 109 Å². The van der Waals surface area contributed by atoms with E-state index in [1.54, 1.807) is 21.0 Å². The number of para-hydroxylation sites is 2. The number of aryl methyl sites for hydroxylation is 1. The molecular formula is C32H35NO2. The van der Waals surface area contributed by atoms with Crippen molar-refractivity contribution in [1.82, 2.24) is 4.57 Å². The van der Waals surface area contributed by atoms with Crippen LogP contribution < -0.4 is 0 Å². The van der Waals surface area contributed by atoms with Gasteiger partial charge in [0.1, 0.15) is 0 Å². The van der Waals surface area contributed by atoms with Crippen molar-refractivity contribution < 1.29 is 9.84 Å². The van der Waals surface area contributed by atoms with Gasteiger partial charge >= 0.3 is 0 Å². The topological polar surface area (TPSA) is 34.4 Å². The fraction of sp³-hybridized carbons (Fsp3) is 0.250. The molecule has 0 unspecified atom stereocenters. The third-order valence-electron chi connectivity index (χ3n) is 7.04. The number of nitrogens with zero attached hydrogens (tertiary/aromatic N) is 1. The Balaban J connectivity index is 0.000000277. The summed E-state index contributed by atoms with van der Waals surface area (Å²) in [5.74, 6) is 0. The van der Waals surface area contributed by atoms with Crippen LogP contribution in [0.15, 0.2) is 97.1 Å². The third-order valence-corrected chi connectivity index (χ3v) is 7.04. The van der Waals surface area contributed by atoms with Gasteiger partial charge in [-0.3, -0.25) is 0 Å². The van der Waals surface area contributed by atoms with Crippen LogP contribution >= 0.6 is 0 Å². The fourth-order valence-electron chi connectivity index (χ4n) is 4.08. The molecule has 0 aliphatic rings. The number of hydrogen-bond donors (Lipinski definition) is 1. The highest BCUT2D eigenvalue weighted by Gasteiger charge is 2.34. The van der Waals surface area contributed by atoms with E-state index in [1.165, 1.54) is 44.2 Å². The number of aliphatic hydroxyl groups is 1. The molecule has 0 saturated heterocycles. The molecule has 0 radical (unpaired) electrons. The van der Waals surface area contributed by atoms with Gasteiger partial charge in [0, 0.05) is 23.6 Å². The van der Waals surface area contributed by atoms with E-state index in [0.29, 0.717) is 0 Å². The highest BCUT2D eigenvalue weighted by atomic mass is 16.5. The minimum Gasteiger partial charge on any atom is -0.387 e. The molecule has 3 heteroatoms. The zero-order valence-corrected chi connectivity index (χ0v) is 21.5. The van der Waals surface area contributed by atoms with E-state index in [0.717, 1.165) is 0 Å². The van der Waals surface area contributed by atoms with E-state index in [9.17, 15) is 5.11 Å². The molecule has 0 saturated carbocycles. The predicted molar refractivity (Wildman–Crippen MR) is 148 cm³/mol. The molecule has 0 aliphatic carbocycles. The lowest BCUT2D eigenvalue weighted by molar-refractivity contribution is -0.129. The summed E-state index contributed by atoms with van der Waals surface area (Å²) >= 11 is 0. The molecule has 35 heavy (non-hydrogen) atoms. The summed E-state index contributed by atoms with van der Waals surface area (Å²) in [5.41, 5.74) is 6.24. The maximum Gasteiger partial charge on any atom is 0.0902 e. The SMILES string of the molecule is COC(C)(C)C(C)(C)O.Cc1cccc(-c2ccc(-n3c4ccccc4c4ccccc43)cc2)c1. The van der Waals surface area contributed by atoms with Crippen LogP contribution in [-0.2, 0) is 4.74 Å². The number of aromatic nitrogens is 1. The summed E-state index contributed by atoms with van der Waals surface area (Å²) in [5, 5.41) is 12.0. The predicted octanol–water partition coefficient (Wildman–Crippen LogP) is 7.94. The average Bonchev–Trinajstić information content (AvgIpc) is 3.18. The lowest BCUT2D eigenvalue weighted by Gasteiger charge is -2.35. The Kier molecular flexibility index (Phi) is 6.84. The molecule has 0 atom stereocenters. The summed E-state index contributed by atoms with van der Waals surface area (Å²) in [4.78, 5) is 0. The Morgan fingerprint density at radius 1 is 0.657 bits per heavy atom. The van der Waals surface area contributed by atoms with Gasteiger partial charge in [0.05, 0.1) is 22.2 Å². The van der Waals surface area contributed by atoms with E-state index in [1.807, 2.05) is 13.8 Å². The standard InChI is InChI=1S/C25H19N.C7H16O2/c1-18-7-6-8-20(17-18)19-13-15-21(16-14-19)26-24-11-4-2-9-22(24)23-10-3-5-12-25(23)26;1-6(2,8)7(3,4)9-5/h2-17H,1H3;8H,1-5H3. The number of ether oxygens (including phenoxy) is 1. The Morgan fingerprint density at radius 3 is 1.66 bits per heavy atom. The molecule has 4 aromatic carbocycles. The maximum atomic E-state index is 9.42. The van der Waals surface area contributed by atoms with Gasteiger partial charge in [-0.25, -0.2) is 0 Å². The van der Waals surface area contributed by atoms with Crippen LogP contribution in [0.25, 0.3) is 38.6 Å². The van der Waals surface area contributed by atoms with Gasteiger partial charge in [-0.05, 0) is 70.0 Å². The smallest absolute Gasteiger partial charge is 0.0902 e. The number of methoxy groups -OCH3 is 1. The second-order valence-corrected chi connectivity index (χ2v) is 10.1. The molecule has 1 N–H and O–H groups in total. The van der Waals surface area contributed by atoms with Crippen molar-refractivity contribution in [1.29, 1.82) is 0 Å². The van der Waals surface area contributed by atoms with Crippen LogP contribution in [0.1, 0.15) is 33.3 Å². The van der Waals surface area contributed by atoms with Crippen molar-refractivity contribution in [2.45, 2.75) is 45.8 Å². The zero-order valence-electron chi connectivity index (χ0n) is 21.5. The molecule has 0 spiro atoms. The summed E-state index contributed by atoms with van der Waals surface area (Å²) in [6.07, 6.45) is 0. The second-order valence-electron chi connectivity index (χ2n) is 10.1. The zero-order chi connectivity index (χ0) is 25.2. The Bertz CT molecular complexity index is 1380. The van der Waals surface area contributed by atoms with Crippen molar-refractivity contribution >= 4 is 21.8 Å². The molecular weight excluding hydrogens is 430 g/mol. The lowest BCUT2D eigenvalue weighted by Crippen LogP contribution is -2.46. The number of benzene rings is 4. The quantitative estimate of drug-likeness (QED) is 0.292. The first-order valence-corrected chi connectivity index (χ1v) is 12.1. The van der Waals surface area contributed by atoms with Gasteiger partial charge in [-0.1, -0.05) is 78.4 Å². The molecule has 0 aliphatic heterocycles. The van der Waals surface area contributed by atoms with E-state index >= 15 is 0 Å². The fourth-order valence-corrected chi connectivity index (χ4v) is 4.08. The van der Waals surface area contributed by atoms with Gasteiger partial charge in [-0.2, -0.15) is 0 Å². The van der Waals surface area contributed by atoms with Crippen LogP contribution in [0.2, 0.25) is 0 Å². The van der Waals surface area contributed by atoms with Crippen LogP contribution in [-0.4, -0.2) is 28.0 Å². The molecule has 0 amide bonds. The third kappa shape index (κ3) is 5.02. The van der Waals surface area contributed by atoms with Crippen LogP contribution in [0, 0.1) is 6.92 Å². The first kappa shape index (κ1) is 24.7. The minimum atomic E-state index is -0.776. The summed E-state index contributed by atoms with van der Waals surface area (Å²) in [6.45, 7) is 9.31. The number of hydrogen-bond acceptors (Lipinski definition) is 2. The molecule has 180 valence electrons. The Morgan fingerprint density at radius 2 is 1.20 bits per heavy atom. The average molecular weight is 466 g/mol. The molecule has 5 aromatic rings. The van der Waals surface area contributed by atoms with Crippen molar-refractivity contribution in [2.75, 3.05) is 7.11 Å². The van der Waals surface area contributed by atoms with Crippen molar-refractivity contribution in [3.8, 4) is 16.8 Å². The van der Waals surface area contributed by atoms with Crippen molar-refractivity contribution in [2.24, 2.45) is 0 Å². The van der Waals surface area contributed by atoms with Crippen LogP contribution in [0.5, 0.6) is 0 Å². The lowest BCUT2D eigenvalue weighted by atomic mass is 9.90. The highest BCUT2D eigenvalue weighted by Crippen LogP contribution is 2.32. The number of rotatable bonds is 4. The molecule has 0 bridgehead atoms. The Labute approximate surface area is 208 Å². The molecule has 5 rings (SSSR count). The largest absolute Gasteiger partial charge is 0.387 e. The Hall–Kier alpha value is -3.40. The summed E-state index contributed by atoms with van der Waals surface area (Å²) < 4.78 is 7.40. The van der Waals surface area contributed by atoms with Crippen molar-refractivity contribution in [3.05, 3.63) is 103 Å². The van der Waals surface area contributed by atoms with E-state index in [4.69, 9.17) is 4.74 Å². The van der Waals surface area contributed by atoms with Gasteiger partial charge in [-0.15, -0.1) is 0 Å². The van der Waals surface area contributed by atoms with E-state index < -0.39 is 11.2 Å². The summed E-state index contributed by atoms with van der Waals surface area (Å²) in [6, 6.07) is 34.8. The van der Waals surface area contributed by atoms with Crippen molar-refractivity contribution in [3.63, 3.8) is 0 Å². The minimum absolute atomic E-state index is 0.465. The van der Waals surface area contributed by atoms with Gasteiger partial charge in [0.25, 0.3) is 0 Å². The highest BCUT2D eigenvalue weighted by molar-refractivity contribution is 6.09. The second kappa shape index (κ2) is 9.69. The van der Waals surface area contributed by atoms with E-state index in [-0.39, 0.29) is 0 Å². The van der Waals surface area contributed by atoms with Gasteiger partial charge in [0.15, 0.2) is 0 Å². The monoisotopic (exact) mass is 465 g/mol. The molecule has 3 nitrogen and oxygen atoms in total. The molecule has 1 aromatic heterocycles. The first-order chi connectivity index (χ1) is 16.6. The summed E-state index contributed by atoms with van der Waals surface area (Å²) in [7, 11) is 1.60.